The van der Waals surface area contributed by atoms with Gasteiger partial charge in [-0.05, 0) is 38.3 Å². The predicted octanol–water partition coefficient (Wildman–Crippen LogP) is 2.37. The molecule has 0 aliphatic carbocycles. The third-order valence-corrected chi connectivity index (χ3v) is 4.65. The molecule has 2 amide bonds. The molecule has 140 valence electrons. The predicted molar refractivity (Wildman–Crippen MR) is 98.6 cm³/mol. The molecule has 1 aromatic carbocycles. The van der Waals surface area contributed by atoms with Crippen LogP contribution in [0.25, 0.3) is 0 Å². The Bertz CT molecular complexity index is 682. The van der Waals surface area contributed by atoms with Crippen LogP contribution in [0.5, 0.6) is 0 Å². The summed E-state index contributed by atoms with van der Waals surface area (Å²) >= 11 is 0. The number of unbranched alkanes of at least 4 members (excludes halogenated alkanes) is 2. The number of imide groups is 1. The topological polar surface area (TPSA) is 95.5 Å². The third-order valence-electron chi connectivity index (χ3n) is 4.65. The lowest BCUT2D eigenvalue weighted by Gasteiger charge is -2.18. The highest BCUT2D eigenvalue weighted by Crippen LogP contribution is 2.27. The van der Waals surface area contributed by atoms with Crippen molar-refractivity contribution in [1.29, 1.82) is 0 Å². The van der Waals surface area contributed by atoms with Crippen LogP contribution < -0.4 is 10.6 Å². The van der Waals surface area contributed by atoms with Gasteiger partial charge in [0.1, 0.15) is 0 Å². The van der Waals surface area contributed by atoms with Crippen molar-refractivity contribution >= 4 is 17.8 Å². The van der Waals surface area contributed by atoms with E-state index in [4.69, 9.17) is 5.11 Å². The minimum absolute atomic E-state index is 0.0943. The van der Waals surface area contributed by atoms with Crippen LogP contribution in [0, 0.1) is 0 Å². The maximum atomic E-state index is 12.0. The van der Waals surface area contributed by atoms with Crippen LogP contribution in [-0.2, 0) is 14.4 Å². The average molecular weight is 358 g/mol. The second-order valence-electron chi connectivity index (χ2n) is 6.61. The first kappa shape index (κ1) is 19.8. The number of amides is 2. The first-order valence-corrected chi connectivity index (χ1v) is 9.02. The molecule has 1 aromatic rings. The first-order valence-electron chi connectivity index (χ1n) is 9.02. The Labute approximate surface area is 153 Å². The van der Waals surface area contributed by atoms with Crippen LogP contribution in [0.3, 0.4) is 0 Å². The highest BCUT2D eigenvalue weighted by Gasteiger charge is 2.29. The quantitative estimate of drug-likeness (QED) is 0.417. The van der Waals surface area contributed by atoms with Crippen molar-refractivity contribution in [2.24, 2.45) is 0 Å². The number of aliphatic carboxylic acids is 1. The lowest BCUT2D eigenvalue weighted by molar-refractivity contribution is -0.137. The standard InChI is InChI=1S/C20H26N2O4/c1-14-17(20(26)22-19(14)25)12-16(15-8-4-2-5-9-15)13-21-11-7-3-6-10-18(23)24/h2,4-5,8-9,16,21H,3,6-7,10-13H2,1H3,(H,23,24)(H,22,25,26). The summed E-state index contributed by atoms with van der Waals surface area (Å²) in [6.45, 7) is 3.18. The van der Waals surface area contributed by atoms with Crippen molar-refractivity contribution in [3.8, 4) is 0 Å². The highest BCUT2D eigenvalue weighted by atomic mass is 16.4. The number of nitrogens with one attached hydrogen (secondary N) is 2. The van der Waals surface area contributed by atoms with E-state index >= 15 is 0 Å². The van der Waals surface area contributed by atoms with Crippen molar-refractivity contribution in [2.45, 2.75) is 44.9 Å². The molecule has 1 heterocycles. The summed E-state index contributed by atoms with van der Waals surface area (Å²) in [6, 6.07) is 9.95. The van der Waals surface area contributed by atoms with Gasteiger partial charge in [-0.15, -0.1) is 0 Å². The Morgan fingerprint density at radius 1 is 1.12 bits per heavy atom. The Morgan fingerprint density at radius 3 is 2.46 bits per heavy atom. The minimum atomic E-state index is -0.755. The van der Waals surface area contributed by atoms with E-state index in [1.165, 1.54) is 0 Å². The van der Waals surface area contributed by atoms with Gasteiger partial charge < -0.3 is 10.4 Å². The van der Waals surface area contributed by atoms with Gasteiger partial charge in [-0.2, -0.15) is 0 Å². The number of carbonyl (C=O) groups excluding carboxylic acids is 2. The van der Waals surface area contributed by atoms with Crippen molar-refractivity contribution in [2.75, 3.05) is 13.1 Å². The molecule has 6 heteroatoms. The molecule has 1 unspecified atom stereocenters. The monoisotopic (exact) mass is 358 g/mol. The molecule has 3 N–H and O–H groups in total. The van der Waals surface area contributed by atoms with E-state index in [9.17, 15) is 14.4 Å². The average Bonchev–Trinajstić information content (AvgIpc) is 2.86. The molecule has 0 aromatic heterocycles. The maximum Gasteiger partial charge on any atom is 0.303 e. The Hall–Kier alpha value is -2.47. The molecule has 1 atom stereocenters. The molecule has 2 rings (SSSR count). The number of carboxylic acid groups (broad SMARTS) is 1. The van der Waals surface area contributed by atoms with Gasteiger partial charge in [0.05, 0.1) is 0 Å². The van der Waals surface area contributed by atoms with E-state index < -0.39 is 5.97 Å². The van der Waals surface area contributed by atoms with E-state index in [1.807, 2.05) is 30.3 Å². The third kappa shape index (κ3) is 5.81. The van der Waals surface area contributed by atoms with E-state index in [-0.39, 0.29) is 24.2 Å². The fourth-order valence-electron chi connectivity index (χ4n) is 3.08. The second kappa shape index (κ2) is 9.87. The molecule has 1 aliphatic heterocycles. The van der Waals surface area contributed by atoms with Gasteiger partial charge >= 0.3 is 5.97 Å². The molecule has 1 aliphatic rings. The normalized spacial score (nSPS) is 15.3. The fourth-order valence-corrected chi connectivity index (χ4v) is 3.08. The number of carboxylic acids is 1. The molecule has 0 bridgehead atoms. The molecule has 0 spiro atoms. The molecule has 0 saturated heterocycles. The van der Waals surface area contributed by atoms with E-state index in [1.54, 1.807) is 6.92 Å². The van der Waals surface area contributed by atoms with E-state index in [2.05, 4.69) is 10.6 Å². The van der Waals surface area contributed by atoms with Crippen molar-refractivity contribution in [3.63, 3.8) is 0 Å². The van der Waals surface area contributed by atoms with Crippen LogP contribution in [0.4, 0.5) is 0 Å². The zero-order chi connectivity index (χ0) is 18.9. The lowest BCUT2D eigenvalue weighted by Crippen LogP contribution is -2.26. The van der Waals surface area contributed by atoms with Gasteiger partial charge in [0.25, 0.3) is 11.8 Å². The van der Waals surface area contributed by atoms with Gasteiger partial charge in [0, 0.05) is 30.0 Å². The zero-order valence-electron chi connectivity index (χ0n) is 15.1. The number of rotatable bonds is 11. The fraction of sp³-hybridized carbons (Fsp3) is 0.450. The van der Waals surface area contributed by atoms with Crippen molar-refractivity contribution in [1.82, 2.24) is 10.6 Å². The molecule has 0 fully saturated rings. The van der Waals surface area contributed by atoms with Crippen LogP contribution in [-0.4, -0.2) is 36.0 Å². The minimum Gasteiger partial charge on any atom is -0.481 e. The summed E-state index contributed by atoms with van der Waals surface area (Å²) in [5, 5.41) is 14.4. The van der Waals surface area contributed by atoms with Crippen LogP contribution in [0.15, 0.2) is 41.5 Å². The molecular weight excluding hydrogens is 332 g/mol. The Morgan fingerprint density at radius 2 is 1.85 bits per heavy atom. The molecule has 0 saturated carbocycles. The summed E-state index contributed by atoms with van der Waals surface area (Å²) in [6.07, 6.45) is 3.20. The van der Waals surface area contributed by atoms with E-state index in [0.717, 1.165) is 24.9 Å². The molecule has 6 nitrogen and oxygen atoms in total. The number of carbonyl (C=O) groups is 3. The van der Waals surface area contributed by atoms with Gasteiger partial charge in [0.2, 0.25) is 0 Å². The van der Waals surface area contributed by atoms with Crippen molar-refractivity contribution in [3.05, 3.63) is 47.0 Å². The van der Waals surface area contributed by atoms with Crippen LogP contribution in [0.1, 0.15) is 50.5 Å². The number of hydrogen-bond acceptors (Lipinski definition) is 4. The summed E-state index contributed by atoms with van der Waals surface area (Å²) in [7, 11) is 0. The molecular formula is C20H26N2O4. The lowest BCUT2D eigenvalue weighted by atomic mass is 9.90. The van der Waals surface area contributed by atoms with Crippen molar-refractivity contribution < 1.29 is 19.5 Å². The molecule has 0 radical (unpaired) electrons. The molecule has 26 heavy (non-hydrogen) atoms. The zero-order valence-corrected chi connectivity index (χ0v) is 15.1. The van der Waals surface area contributed by atoms with Gasteiger partial charge in [0.15, 0.2) is 0 Å². The smallest absolute Gasteiger partial charge is 0.303 e. The first-order chi connectivity index (χ1) is 12.5. The number of hydrogen-bond donors (Lipinski definition) is 3. The summed E-state index contributed by atoms with van der Waals surface area (Å²) in [5.74, 6) is -1.25. The van der Waals surface area contributed by atoms with E-state index in [0.29, 0.717) is 30.5 Å². The van der Waals surface area contributed by atoms with Gasteiger partial charge in [-0.25, -0.2) is 0 Å². The summed E-state index contributed by atoms with van der Waals surface area (Å²) in [4.78, 5) is 34.2. The summed E-state index contributed by atoms with van der Waals surface area (Å²) in [5.41, 5.74) is 2.19. The Balaban J connectivity index is 1.90. The maximum absolute atomic E-state index is 12.0. The highest BCUT2D eigenvalue weighted by molar-refractivity contribution is 6.19. The number of benzene rings is 1. The Kier molecular flexibility index (Phi) is 7.53. The van der Waals surface area contributed by atoms with Gasteiger partial charge in [-0.3, -0.25) is 19.7 Å². The SMILES string of the molecule is CC1=C(CC(CNCCCCCC(=O)O)c2ccccc2)C(=O)NC1=O. The summed E-state index contributed by atoms with van der Waals surface area (Å²) < 4.78 is 0. The largest absolute Gasteiger partial charge is 0.481 e. The van der Waals surface area contributed by atoms with Gasteiger partial charge in [-0.1, -0.05) is 36.8 Å². The van der Waals surface area contributed by atoms with Crippen LogP contribution in [0.2, 0.25) is 0 Å². The van der Waals surface area contributed by atoms with Crippen LogP contribution >= 0.6 is 0 Å². The second-order valence-corrected chi connectivity index (χ2v) is 6.61.